The second kappa shape index (κ2) is 8.96. The Morgan fingerprint density at radius 2 is 1.69 bits per heavy atom. The van der Waals surface area contributed by atoms with Crippen LogP contribution in [0.3, 0.4) is 0 Å². The summed E-state index contributed by atoms with van der Waals surface area (Å²) in [4.78, 5) is 25.8. The predicted octanol–water partition coefficient (Wildman–Crippen LogP) is 5.24. The minimum Gasteiger partial charge on any atom is -0.439 e. The second-order valence-electron chi connectivity index (χ2n) is 9.27. The Bertz CT molecular complexity index is 1570. The molecular weight excluding hydrogens is 452 g/mol. The third-order valence-corrected chi connectivity index (χ3v) is 6.98. The van der Waals surface area contributed by atoms with Gasteiger partial charge in [-0.15, -0.1) is 0 Å². The molecule has 1 aliphatic carbocycles. The molecule has 0 spiro atoms. The van der Waals surface area contributed by atoms with Gasteiger partial charge in [0.25, 0.3) is 0 Å². The normalized spacial score (nSPS) is 17.9. The molecule has 0 aliphatic heterocycles. The smallest absolute Gasteiger partial charge is 0.220 e. The Hall–Kier alpha value is -4.46. The van der Waals surface area contributed by atoms with Gasteiger partial charge in [0.2, 0.25) is 11.8 Å². The first-order valence-corrected chi connectivity index (χ1v) is 12.1. The second-order valence-corrected chi connectivity index (χ2v) is 9.27. The molecule has 0 atom stereocenters. The first-order valence-electron chi connectivity index (χ1n) is 12.1. The van der Waals surface area contributed by atoms with Crippen molar-refractivity contribution in [2.24, 2.45) is 11.7 Å². The van der Waals surface area contributed by atoms with Crippen LogP contribution in [0.15, 0.2) is 72.9 Å². The van der Waals surface area contributed by atoms with Crippen molar-refractivity contribution in [3.63, 3.8) is 0 Å². The number of primary amides is 1. The highest BCUT2D eigenvalue weighted by molar-refractivity contribution is 5.89. The number of hydrogen-bond acceptors (Lipinski definition) is 6. The largest absolute Gasteiger partial charge is 0.439 e. The van der Waals surface area contributed by atoms with Crippen LogP contribution in [0.1, 0.15) is 31.7 Å². The first kappa shape index (κ1) is 22.0. The molecule has 5 aromatic rings. The van der Waals surface area contributed by atoms with Crippen LogP contribution in [0, 0.1) is 5.92 Å². The van der Waals surface area contributed by atoms with Crippen LogP contribution in [-0.4, -0.2) is 25.4 Å². The Morgan fingerprint density at radius 3 is 2.47 bits per heavy atom. The lowest BCUT2D eigenvalue weighted by Gasteiger charge is -2.28. The van der Waals surface area contributed by atoms with Crippen LogP contribution in [0.25, 0.3) is 33.3 Å². The molecule has 6 rings (SSSR count). The van der Waals surface area contributed by atoms with E-state index in [0.717, 1.165) is 58.9 Å². The minimum atomic E-state index is -0.207. The number of aromatic nitrogens is 4. The monoisotopic (exact) mass is 478 g/mol. The maximum Gasteiger partial charge on any atom is 0.220 e. The molecule has 4 N–H and O–H groups in total. The molecule has 0 radical (unpaired) electrons. The van der Waals surface area contributed by atoms with E-state index in [1.54, 1.807) is 0 Å². The molecule has 1 saturated carbocycles. The summed E-state index contributed by atoms with van der Waals surface area (Å²) >= 11 is 0. The van der Waals surface area contributed by atoms with Gasteiger partial charge in [0.05, 0.1) is 10.9 Å². The Balaban J connectivity index is 1.34. The van der Waals surface area contributed by atoms with Crippen molar-refractivity contribution in [3.8, 4) is 23.0 Å². The highest BCUT2D eigenvalue weighted by Gasteiger charge is 2.27. The number of para-hydroxylation sites is 1. The van der Waals surface area contributed by atoms with Crippen LogP contribution in [0.2, 0.25) is 0 Å². The maximum absolute atomic E-state index is 11.6. The van der Waals surface area contributed by atoms with E-state index in [-0.39, 0.29) is 17.9 Å². The number of carbonyl (C=O) groups excluding carboxylic acids is 1. The molecular formula is C28H26N6O2. The number of ether oxygens (including phenoxy) is 1. The SMILES string of the molecule is NC(=O)C1CCC(n2ccc3c(N)nc(-c4ccc5ccc(Oc6ccccc6)nc5c4)nc32)CC1. The average Bonchev–Trinajstić information content (AvgIpc) is 3.33. The zero-order valence-electron chi connectivity index (χ0n) is 19.7. The summed E-state index contributed by atoms with van der Waals surface area (Å²) in [5.74, 6) is 1.98. The lowest BCUT2D eigenvalue weighted by molar-refractivity contribution is -0.122. The van der Waals surface area contributed by atoms with Crippen LogP contribution in [-0.2, 0) is 4.79 Å². The summed E-state index contributed by atoms with van der Waals surface area (Å²) in [6.07, 6.45) is 5.35. The molecule has 2 aromatic carbocycles. The third kappa shape index (κ3) is 4.11. The van der Waals surface area contributed by atoms with Crippen molar-refractivity contribution in [3.05, 3.63) is 72.9 Å². The molecule has 0 saturated heterocycles. The van der Waals surface area contributed by atoms with Crippen molar-refractivity contribution in [2.75, 3.05) is 5.73 Å². The number of pyridine rings is 1. The van der Waals surface area contributed by atoms with Crippen molar-refractivity contribution in [1.82, 2.24) is 19.5 Å². The molecule has 3 heterocycles. The number of nitrogens with two attached hydrogens (primary N) is 2. The van der Waals surface area contributed by atoms with Crippen LogP contribution in [0.4, 0.5) is 5.82 Å². The van der Waals surface area contributed by atoms with E-state index < -0.39 is 0 Å². The molecule has 0 bridgehead atoms. The standard InChI is InChI=1S/C28H26N6O2/c29-25-22-14-15-34(20-11-8-18(9-12-20)26(30)35)28(22)33-27(32-25)19-7-6-17-10-13-24(31-23(17)16-19)36-21-4-2-1-3-5-21/h1-7,10,13-16,18,20H,8-9,11-12H2,(H2,30,35)(H2,29,32,33). The molecule has 1 aliphatic rings. The summed E-state index contributed by atoms with van der Waals surface area (Å²) < 4.78 is 8.07. The van der Waals surface area contributed by atoms with Gasteiger partial charge in [-0.3, -0.25) is 4.79 Å². The summed E-state index contributed by atoms with van der Waals surface area (Å²) in [6.45, 7) is 0. The lowest BCUT2D eigenvalue weighted by Crippen LogP contribution is -2.28. The van der Waals surface area contributed by atoms with E-state index in [1.165, 1.54) is 0 Å². The Morgan fingerprint density at radius 1 is 0.917 bits per heavy atom. The van der Waals surface area contributed by atoms with E-state index >= 15 is 0 Å². The number of fused-ring (bicyclic) bond motifs is 2. The number of rotatable bonds is 5. The molecule has 8 nitrogen and oxygen atoms in total. The zero-order valence-corrected chi connectivity index (χ0v) is 19.7. The predicted molar refractivity (Wildman–Crippen MR) is 139 cm³/mol. The highest BCUT2D eigenvalue weighted by atomic mass is 16.5. The number of nitrogens with zero attached hydrogens (tertiary/aromatic N) is 4. The van der Waals surface area contributed by atoms with Crippen molar-refractivity contribution in [2.45, 2.75) is 31.7 Å². The number of nitrogen functional groups attached to an aromatic ring is 1. The Kier molecular flexibility index (Phi) is 5.48. The average molecular weight is 479 g/mol. The fraction of sp³-hybridized carbons (Fsp3) is 0.214. The highest BCUT2D eigenvalue weighted by Crippen LogP contribution is 2.35. The number of amides is 1. The van der Waals surface area contributed by atoms with Gasteiger partial charge in [0.1, 0.15) is 17.2 Å². The Labute approximate surface area is 207 Å². The third-order valence-electron chi connectivity index (χ3n) is 6.98. The van der Waals surface area contributed by atoms with Gasteiger partial charge in [-0.1, -0.05) is 30.3 Å². The topological polar surface area (TPSA) is 122 Å². The van der Waals surface area contributed by atoms with Gasteiger partial charge in [-0.05, 0) is 56.0 Å². The number of benzene rings is 2. The van der Waals surface area contributed by atoms with E-state index in [2.05, 4.69) is 9.55 Å². The summed E-state index contributed by atoms with van der Waals surface area (Å²) in [5, 5.41) is 1.82. The van der Waals surface area contributed by atoms with E-state index in [1.807, 2.05) is 72.9 Å². The summed E-state index contributed by atoms with van der Waals surface area (Å²) in [5.41, 5.74) is 14.3. The van der Waals surface area contributed by atoms with E-state index in [4.69, 9.17) is 26.2 Å². The van der Waals surface area contributed by atoms with E-state index in [0.29, 0.717) is 17.5 Å². The molecule has 36 heavy (non-hydrogen) atoms. The van der Waals surface area contributed by atoms with Gasteiger partial charge in [0.15, 0.2) is 5.82 Å². The fourth-order valence-electron chi connectivity index (χ4n) is 5.02. The van der Waals surface area contributed by atoms with Gasteiger partial charge in [0, 0.05) is 35.2 Å². The van der Waals surface area contributed by atoms with Gasteiger partial charge in [-0.2, -0.15) is 0 Å². The number of hydrogen-bond donors (Lipinski definition) is 2. The number of carbonyl (C=O) groups is 1. The van der Waals surface area contributed by atoms with Gasteiger partial charge < -0.3 is 20.8 Å². The van der Waals surface area contributed by atoms with Crippen molar-refractivity contribution in [1.29, 1.82) is 0 Å². The van der Waals surface area contributed by atoms with Crippen LogP contribution < -0.4 is 16.2 Å². The molecule has 1 fully saturated rings. The molecule has 0 unspecified atom stereocenters. The first-order chi connectivity index (χ1) is 17.5. The number of anilines is 1. The maximum atomic E-state index is 11.6. The van der Waals surface area contributed by atoms with E-state index in [9.17, 15) is 4.79 Å². The van der Waals surface area contributed by atoms with Gasteiger partial charge >= 0.3 is 0 Å². The van der Waals surface area contributed by atoms with Crippen LogP contribution >= 0.6 is 0 Å². The van der Waals surface area contributed by atoms with Crippen molar-refractivity contribution < 1.29 is 9.53 Å². The molecule has 8 heteroatoms. The lowest BCUT2D eigenvalue weighted by atomic mass is 9.85. The van der Waals surface area contributed by atoms with Gasteiger partial charge in [-0.25, -0.2) is 15.0 Å². The minimum absolute atomic E-state index is 0.0424. The zero-order chi connectivity index (χ0) is 24.6. The molecule has 1 amide bonds. The quantitative estimate of drug-likeness (QED) is 0.356. The fourth-order valence-corrected chi connectivity index (χ4v) is 5.02. The van der Waals surface area contributed by atoms with Crippen molar-refractivity contribution >= 4 is 33.7 Å². The summed E-state index contributed by atoms with van der Waals surface area (Å²) in [6, 6.07) is 21.6. The van der Waals surface area contributed by atoms with Crippen LogP contribution in [0.5, 0.6) is 11.6 Å². The molecule has 180 valence electrons. The molecule has 3 aromatic heterocycles. The summed E-state index contributed by atoms with van der Waals surface area (Å²) in [7, 11) is 0.